The molecule has 2 rings (SSSR count). The van der Waals surface area contributed by atoms with Crippen molar-refractivity contribution in [1.29, 1.82) is 0 Å². The van der Waals surface area contributed by atoms with Crippen molar-refractivity contribution in [1.82, 2.24) is 9.97 Å². The minimum absolute atomic E-state index is 0.602. The molecule has 82 valence electrons. The Labute approximate surface area is 98.5 Å². The van der Waals surface area contributed by atoms with Gasteiger partial charge in [-0.05, 0) is 31.2 Å². The number of hydrogen-bond acceptors (Lipinski definition) is 4. The van der Waals surface area contributed by atoms with Crippen LogP contribution < -0.4 is 11.1 Å². The average Bonchev–Trinajstić information content (AvgIpc) is 2.24. The van der Waals surface area contributed by atoms with Crippen LogP contribution in [0.5, 0.6) is 0 Å². The summed E-state index contributed by atoms with van der Waals surface area (Å²) in [5.74, 6) is 1.39. The molecule has 1 aromatic carbocycles. The molecule has 5 heteroatoms. The predicted octanol–water partition coefficient (Wildman–Crippen LogP) is 2.76. The molecule has 0 unspecified atom stereocenters. The van der Waals surface area contributed by atoms with Crippen LogP contribution in [0.25, 0.3) is 0 Å². The molecule has 0 aliphatic heterocycles. The highest BCUT2D eigenvalue weighted by Gasteiger charge is 2.02. The Hall–Kier alpha value is -1.81. The molecule has 1 heterocycles. The third-order valence-corrected chi connectivity index (χ3v) is 2.36. The van der Waals surface area contributed by atoms with Gasteiger partial charge >= 0.3 is 0 Å². The lowest BCUT2D eigenvalue weighted by atomic mass is 10.3. The van der Waals surface area contributed by atoms with Crippen LogP contribution in [-0.2, 0) is 0 Å². The molecule has 0 radical (unpaired) electrons. The van der Waals surface area contributed by atoms with E-state index >= 15 is 0 Å². The van der Waals surface area contributed by atoms with E-state index in [1.807, 2.05) is 6.92 Å². The molecule has 0 saturated heterocycles. The van der Waals surface area contributed by atoms with Gasteiger partial charge in [-0.2, -0.15) is 0 Å². The van der Waals surface area contributed by atoms with Gasteiger partial charge in [-0.3, -0.25) is 0 Å². The fraction of sp³-hybridized carbons (Fsp3) is 0.0909. The SMILES string of the molecule is Cc1nccc(Nc2cc(N)ccc2Cl)n1. The molecule has 0 spiro atoms. The van der Waals surface area contributed by atoms with Crippen molar-refractivity contribution in [3.8, 4) is 0 Å². The first-order valence-corrected chi connectivity index (χ1v) is 5.14. The zero-order chi connectivity index (χ0) is 11.5. The Morgan fingerprint density at radius 2 is 2.12 bits per heavy atom. The zero-order valence-corrected chi connectivity index (χ0v) is 9.49. The van der Waals surface area contributed by atoms with Crippen molar-refractivity contribution in [3.63, 3.8) is 0 Å². The van der Waals surface area contributed by atoms with Gasteiger partial charge in [0.05, 0.1) is 10.7 Å². The first-order chi connectivity index (χ1) is 7.65. The predicted molar refractivity (Wildman–Crippen MR) is 65.9 cm³/mol. The average molecular weight is 235 g/mol. The van der Waals surface area contributed by atoms with Crippen LogP contribution in [-0.4, -0.2) is 9.97 Å². The second-order valence-electron chi connectivity index (χ2n) is 3.35. The fourth-order valence-electron chi connectivity index (χ4n) is 1.30. The smallest absolute Gasteiger partial charge is 0.134 e. The van der Waals surface area contributed by atoms with Crippen molar-refractivity contribution in [2.75, 3.05) is 11.1 Å². The molecule has 0 aliphatic carbocycles. The molecule has 0 amide bonds. The van der Waals surface area contributed by atoms with Gasteiger partial charge in [-0.15, -0.1) is 0 Å². The van der Waals surface area contributed by atoms with E-state index in [0.717, 1.165) is 5.69 Å². The van der Waals surface area contributed by atoms with E-state index in [1.165, 1.54) is 0 Å². The van der Waals surface area contributed by atoms with Gasteiger partial charge in [0.25, 0.3) is 0 Å². The molecule has 2 aromatic rings. The number of anilines is 3. The van der Waals surface area contributed by atoms with Gasteiger partial charge < -0.3 is 11.1 Å². The number of hydrogen-bond donors (Lipinski definition) is 2. The van der Waals surface area contributed by atoms with Crippen LogP contribution in [0.3, 0.4) is 0 Å². The molecular weight excluding hydrogens is 224 g/mol. The molecular formula is C11H11ClN4. The summed E-state index contributed by atoms with van der Waals surface area (Å²) in [6.45, 7) is 1.83. The Morgan fingerprint density at radius 3 is 2.88 bits per heavy atom. The molecule has 16 heavy (non-hydrogen) atoms. The highest BCUT2D eigenvalue weighted by Crippen LogP contribution is 2.26. The van der Waals surface area contributed by atoms with Crippen molar-refractivity contribution in [2.24, 2.45) is 0 Å². The summed E-state index contributed by atoms with van der Waals surface area (Å²) < 4.78 is 0. The van der Waals surface area contributed by atoms with E-state index in [4.69, 9.17) is 17.3 Å². The van der Waals surface area contributed by atoms with E-state index < -0.39 is 0 Å². The van der Waals surface area contributed by atoms with Crippen LogP contribution in [0.2, 0.25) is 5.02 Å². The Morgan fingerprint density at radius 1 is 1.31 bits per heavy atom. The maximum Gasteiger partial charge on any atom is 0.134 e. The van der Waals surface area contributed by atoms with Gasteiger partial charge in [-0.25, -0.2) is 9.97 Å². The van der Waals surface area contributed by atoms with E-state index in [-0.39, 0.29) is 0 Å². The number of aromatic nitrogens is 2. The second-order valence-corrected chi connectivity index (χ2v) is 3.76. The fourth-order valence-corrected chi connectivity index (χ4v) is 1.47. The summed E-state index contributed by atoms with van der Waals surface area (Å²) in [6.07, 6.45) is 1.69. The standard InChI is InChI=1S/C11H11ClN4/c1-7-14-5-4-11(15-7)16-10-6-8(13)2-3-9(10)12/h2-6H,13H2,1H3,(H,14,15,16). The minimum Gasteiger partial charge on any atom is -0.399 e. The van der Waals surface area contributed by atoms with Gasteiger partial charge in [0.15, 0.2) is 0 Å². The largest absolute Gasteiger partial charge is 0.399 e. The number of nitrogens with two attached hydrogens (primary N) is 1. The summed E-state index contributed by atoms with van der Waals surface area (Å²) in [6, 6.07) is 7.03. The van der Waals surface area contributed by atoms with E-state index in [1.54, 1.807) is 30.5 Å². The number of nitrogens with one attached hydrogen (secondary N) is 1. The maximum atomic E-state index is 6.02. The van der Waals surface area contributed by atoms with Crippen LogP contribution in [0.4, 0.5) is 17.2 Å². The third-order valence-electron chi connectivity index (χ3n) is 2.03. The van der Waals surface area contributed by atoms with Crippen LogP contribution >= 0.6 is 11.6 Å². The second kappa shape index (κ2) is 4.37. The first-order valence-electron chi connectivity index (χ1n) is 4.77. The van der Waals surface area contributed by atoms with Gasteiger partial charge in [0, 0.05) is 11.9 Å². The monoisotopic (exact) mass is 234 g/mol. The number of nitrogens with zero attached hydrogens (tertiary/aromatic N) is 2. The van der Waals surface area contributed by atoms with Crippen LogP contribution in [0.1, 0.15) is 5.82 Å². The summed E-state index contributed by atoms with van der Waals surface area (Å²) in [7, 11) is 0. The van der Waals surface area contributed by atoms with E-state index in [0.29, 0.717) is 22.4 Å². The molecule has 0 aliphatic rings. The summed E-state index contributed by atoms with van der Waals surface area (Å²) in [5, 5.41) is 3.69. The zero-order valence-electron chi connectivity index (χ0n) is 8.74. The third kappa shape index (κ3) is 2.41. The van der Waals surface area contributed by atoms with Gasteiger partial charge in [-0.1, -0.05) is 11.6 Å². The Balaban J connectivity index is 2.30. The number of benzene rings is 1. The lowest BCUT2D eigenvalue weighted by Gasteiger charge is -2.08. The molecule has 1 aromatic heterocycles. The summed E-state index contributed by atoms with van der Waals surface area (Å²) in [5.41, 5.74) is 7.07. The normalized spacial score (nSPS) is 10.1. The van der Waals surface area contributed by atoms with Crippen molar-refractivity contribution < 1.29 is 0 Å². The van der Waals surface area contributed by atoms with Gasteiger partial charge in [0.2, 0.25) is 0 Å². The Kier molecular flexibility index (Phi) is 2.92. The summed E-state index contributed by atoms with van der Waals surface area (Å²) >= 11 is 6.02. The van der Waals surface area contributed by atoms with E-state index in [2.05, 4.69) is 15.3 Å². The van der Waals surface area contributed by atoms with Gasteiger partial charge in [0.1, 0.15) is 11.6 Å². The molecule has 0 atom stereocenters. The highest BCUT2D eigenvalue weighted by atomic mass is 35.5. The lowest BCUT2D eigenvalue weighted by molar-refractivity contribution is 1.06. The number of aryl methyl sites for hydroxylation is 1. The minimum atomic E-state index is 0.602. The first kappa shape index (κ1) is 10.7. The molecule has 0 bridgehead atoms. The number of halogens is 1. The quantitative estimate of drug-likeness (QED) is 0.785. The van der Waals surface area contributed by atoms with Crippen molar-refractivity contribution in [3.05, 3.63) is 41.3 Å². The molecule has 3 N–H and O–H groups in total. The van der Waals surface area contributed by atoms with Crippen LogP contribution in [0, 0.1) is 6.92 Å². The summed E-state index contributed by atoms with van der Waals surface area (Å²) in [4.78, 5) is 8.23. The van der Waals surface area contributed by atoms with Crippen LogP contribution in [0.15, 0.2) is 30.5 Å². The van der Waals surface area contributed by atoms with Crippen molar-refractivity contribution in [2.45, 2.75) is 6.92 Å². The highest BCUT2D eigenvalue weighted by molar-refractivity contribution is 6.33. The Bertz CT molecular complexity index is 513. The topological polar surface area (TPSA) is 63.8 Å². The molecule has 4 nitrogen and oxygen atoms in total. The number of nitrogen functional groups attached to an aromatic ring is 1. The molecule has 0 saturated carbocycles. The maximum absolute atomic E-state index is 6.02. The number of rotatable bonds is 2. The van der Waals surface area contributed by atoms with Crippen molar-refractivity contribution >= 4 is 28.8 Å². The van der Waals surface area contributed by atoms with E-state index in [9.17, 15) is 0 Å². The lowest BCUT2D eigenvalue weighted by Crippen LogP contribution is -1.97. The molecule has 0 fully saturated rings.